The fraction of sp³-hybridized carbons (Fsp3) is 0.200. The number of aromatic nitrogens is 2. The van der Waals surface area contributed by atoms with Gasteiger partial charge in [0.2, 0.25) is 17.8 Å². The summed E-state index contributed by atoms with van der Waals surface area (Å²) in [5, 5.41) is 6.73. The van der Waals surface area contributed by atoms with Crippen molar-refractivity contribution in [2.24, 2.45) is 4.99 Å². The zero-order chi connectivity index (χ0) is 18.8. The average molecular weight is 361 g/mol. The van der Waals surface area contributed by atoms with Crippen LogP contribution in [0.25, 0.3) is 10.9 Å². The molecule has 1 aromatic heterocycles. The lowest BCUT2D eigenvalue weighted by Crippen LogP contribution is -2.40. The first kappa shape index (κ1) is 17.0. The van der Waals surface area contributed by atoms with Crippen molar-refractivity contribution in [3.8, 4) is 5.75 Å². The number of benzene rings is 2. The molecule has 7 heteroatoms. The van der Waals surface area contributed by atoms with Crippen LogP contribution in [0.1, 0.15) is 23.7 Å². The summed E-state index contributed by atoms with van der Waals surface area (Å²) in [6, 6.07) is 15.2. The lowest BCUT2D eigenvalue weighted by Gasteiger charge is -2.21. The molecule has 0 saturated carbocycles. The van der Waals surface area contributed by atoms with Crippen LogP contribution in [0.15, 0.2) is 53.5 Å². The number of hydrogen-bond acceptors (Lipinski definition) is 6. The van der Waals surface area contributed by atoms with Gasteiger partial charge in [-0.25, -0.2) is 15.0 Å². The number of carbonyl (C=O) groups is 1. The predicted molar refractivity (Wildman–Crippen MR) is 104 cm³/mol. The van der Waals surface area contributed by atoms with E-state index >= 15 is 0 Å². The Morgan fingerprint density at radius 3 is 2.74 bits per heavy atom. The van der Waals surface area contributed by atoms with E-state index in [0.717, 1.165) is 27.9 Å². The summed E-state index contributed by atoms with van der Waals surface area (Å²) >= 11 is 0. The molecule has 0 fully saturated rings. The third kappa shape index (κ3) is 3.57. The molecule has 7 nitrogen and oxygen atoms in total. The van der Waals surface area contributed by atoms with E-state index in [1.807, 2.05) is 55.5 Å². The molecule has 27 heavy (non-hydrogen) atoms. The van der Waals surface area contributed by atoms with E-state index in [4.69, 9.17) is 4.74 Å². The van der Waals surface area contributed by atoms with Crippen molar-refractivity contribution in [2.75, 3.05) is 12.4 Å². The molecule has 2 heterocycles. The normalized spacial score (nSPS) is 16.6. The molecule has 1 aliphatic rings. The Morgan fingerprint density at radius 2 is 1.96 bits per heavy atom. The lowest BCUT2D eigenvalue weighted by molar-refractivity contribution is -0.120. The van der Waals surface area contributed by atoms with Gasteiger partial charge in [-0.05, 0) is 24.6 Å². The Balaban J connectivity index is 1.66. The molecule has 0 radical (unpaired) electrons. The van der Waals surface area contributed by atoms with Gasteiger partial charge in [0.25, 0.3) is 0 Å². The molecule has 2 aromatic carbocycles. The molecule has 2 N–H and O–H groups in total. The molecule has 1 atom stereocenters. The minimum Gasteiger partial charge on any atom is -0.497 e. The van der Waals surface area contributed by atoms with Crippen LogP contribution in [-0.4, -0.2) is 28.9 Å². The number of methoxy groups -OCH3 is 1. The Bertz CT molecular complexity index is 1030. The number of aryl methyl sites for hydroxylation is 1. The van der Waals surface area contributed by atoms with Gasteiger partial charge in [-0.2, -0.15) is 0 Å². The van der Waals surface area contributed by atoms with Crippen LogP contribution in [0.4, 0.5) is 5.95 Å². The topological polar surface area (TPSA) is 88.5 Å². The highest BCUT2D eigenvalue weighted by Crippen LogP contribution is 2.25. The molecule has 4 rings (SSSR count). The summed E-state index contributed by atoms with van der Waals surface area (Å²) in [6.45, 7) is 1.91. The first-order chi connectivity index (χ1) is 13.1. The average Bonchev–Trinajstić information content (AvgIpc) is 2.67. The third-order valence-electron chi connectivity index (χ3n) is 4.43. The molecule has 0 saturated heterocycles. The summed E-state index contributed by atoms with van der Waals surface area (Å²) in [5.41, 5.74) is 2.58. The molecule has 0 unspecified atom stereocenters. The van der Waals surface area contributed by atoms with Crippen molar-refractivity contribution in [3.63, 3.8) is 0 Å². The Labute approximate surface area is 156 Å². The number of anilines is 1. The molecule has 3 aromatic rings. The largest absolute Gasteiger partial charge is 0.497 e. The predicted octanol–water partition coefficient (Wildman–Crippen LogP) is 2.98. The van der Waals surface area contributed by atoms with Crippen LogP contribution in [0, 0.1) is 6.92 Å². The van der Waals surface area contributed by atoms with E-state index in [9.17, 15) is 4.79 Å². The van der Waals surface area contributed by atoms with Gasteiger partial charge in [0.1, 0.15) is 5.75 Å². The number of nitrogens with one attached hydrogen (secondary N) is 2. The molecule has 1 aliphatic heterocycles. The molecular formula is C20H19N5O2. The van der Waals surface area contributed by atoms with E-state index in [1.165, 1.54) is 0 Å². The summed E-state index contributed by atoms with van der Waals surface area (Å²) < 4.78 is 5.27. The van der Waals surface area contributed by atoms with Gasteiger partial charge in [0.15, 0.2) is 0 Å². The number of carbonyl (C=O) groups excluding carboxylic acids is 1. The van der Waals surface area contributed by atoms with Gasteiger partial charge in [-0.1, -0.05) is 30.3 Å². The van der Waals surface area contributed by atoms with Gasteiger partial charge >= 0.3 is 0 Å². The summed E-state index contributed by atoms with van der Waals surface area (Å²) in [4.78, 5) is 25.7. The molecule has 0 aliphatic carbocycles. The number of amides is 1. The fourth-order valence-corrected chi connectivity index (χ4v) is 3.08. The molecular weight excluding hydrogens is 342 g/mol. The van der Waals surface area contributed by atoms with Gasteiger partial charge in [-0.3, -0.25) is 15.4 Å². The van der Waals surface area contributed by atoms with E-state index in [1.54, 1.807) is 7.11 Å². The van der Waals surface area contributed by atoms with Gasteiger partial charge in [0.05, 0.1) is 30.8 Å². The van der Waals surface area contributed by atoms with Crippen LogP contribution in [0.2, 0.25) is 0 Å². The smallest absolute Gasteiger partial charge is 0.230 e. The highest BCUT2D eigenvalue weighted by Gasteiger charge is 2.23. The third-order valence-corrected chi connectivity index (χ3v) is 4.43. The van der Waals surface area contributed by atoms with Gasteiger partial charge in [0, 0.05) is 11.5 Å². The van der Waals surface area contributed by atoms with Crippen molar-refractivity contribution in [1.29, 1.82) is 0 Å². The number of aliphatic imine (C=N–C) groups is 1. The number of rotatable bonds is 3. The fourth-order valence-electron chi connectivity index (χ4n) is 3.08. The van der Waals surface area contributed by atoms with E-state index in [2.05, 4.69) is 25.6 Å². The van der Waals surface area contributed by atoms with Crippen LogP contribution in [0.5, 0.6) is 5.75 Å². The quantitative estimate of drug-likeness (QED) is 0.749. The van der Waals surface area contributed by atoms with Crippen molar-refractivity contribution in [1.82, 2.24) is 15.3 Å². The van der Waals surface area contributed by atoms with Crippen molar-refractivity contribution < 1.29 is 9.53 Å². The van der Waals surface area contributed by atoms with Crippen LogP contribution in [0.3, 0.4) is 0 Å². The minimum absolute atomic E-state index is 0.0967. The van der Waals surface area contributed by atoms with Crippen LogP contribution < -0.4 is 15.4 Å². The minimum atomic E-state index is -0.232. The van der Waals surface area contributed by atoms with Gasteiger partial charge in [-0.15, -0.1) is 0 Å². The second-order valence-corrected chi connectivity index (χ2v) is 6.30. The Kier molecular flexibility index (Phi) is 4.42. The number of fused-ring (bicyclic) bond motifs is 1. The van der Waals surface area contributed by atoms with Crippen molar-refractivity contribution >= 4 is 28.7 Å². The maximum Gasteiger partial charge on any atom is 0.230 e. The standard InChI is InChI=1S/C20H19N5O2/c1-12-15-9-8-14(27-2)10-17(15)23-19(21-12)25-20-22-16(11-18(26)24-20)13-6-4-3-5-7-13/h3-10,16H,11H2,1-2H3,(H2,21,22,23,24,25,26)/t16-/m0/s1. The second kappa shape index (κ2) is 7.03. The maximum atomic E-state index is 12.1. The first-order valence-corrected chi connectivity index (χ1v) is 8.64. The van der Waals surface area contributed by atoms with E-state index in [0.29, 0.717) is 18.3 Å². The number of ether oxygens (including phenoxy) is 1. The van der Waals surface area contributed by atoms with Crippen molar-refractivity contribution in [3.05, 3.63) is 59.8 Å². The molecule has 0 bridgehead atoms. The van der Waals surface area contributed by atoms with E-state index in [-0.39, 0.29) is 11.9 Å². The Hall–Kier alpha value is -3.48. The highest BCUT2D eigenvalue weighted by molar-refractivity contribution is 6.05. The second-order valence-electron chi connectivity index (χ2n) is 6.30. The summed E-state index contributed by atoms with van der Waals surface area (Å²) in [7, 11) is 1.62. The Morgan fingerprint density at radius 1 is 1.15 bits per heavy atom. The summed E-state index contributed by atoms with van der Waals surface area (Å²) in [6.07, 6.45) is 0.310. The van der Waals surface area contributed by atoms with E-state index < -0.39 is 0 Å². The lowest BCUT2D eigenvalue weighted by atomic mass is 10.0. The molecule has 0 spiro atoms. The van der Waals surface area contributed by atoms with Gasteiger partial charge < -0.3 is 4.74 Å². The van der Waals surface area contributed by atoms with Crippen LogP contribution >= 0.6 is 0 Å². The zero-order valence-corrected chi connectivity index (χ0v) is 15.1. The van der Waals surface area contributed by atoms with Crippen LogP contribution in [-0.2, 0) is 4.79 Å². The number of hydrogen-bond donors (Lipinski definition) is 2. The monoisotopic (exact) mass is 361 g/mol. The highest BCUT2D eigenvalue weighted by atomic mass is 16.5. The van der Waals surface area contributed by atoms with Crippen molar-refractivity contribution in [2.45, 2.75) is 19.4 Å². The molecule has 1 amide bonds. The maximum absolute atomic E-state index is 12.1. The zero-order valence-electron chi connectivity index (χ0n) is 15.1. The summed E-state index contributed by atoms with van der Waals surface area (Å²) in [5.74, 6) is 1.35. The first-order valence-electron chi connectivity index (χ1n) is 8.64. The number of guanidine groups is 1. The SMILES string of the molecule is COc1ccc2c(C)nc(NC3=N[C@H](c4ccccc4)CC(=O)N3)nc2c1. The molecule has 136 valence electrons. The number of nitrogens with zero attached hydrogens (tertiary/aromatic N) is 3.